The number of anilines is 1. The molecule has 162 valence electrons. The van der Waals surface area contributed by atoms with Gasteiger partial charge in [-0.05, 0) is 36.6 Å². The van der Waals surface area contributed by atoms with Crippen LogP contribution in [-0.4, -0.2) is 37.6 Å². The second-order valence-corrected chi connectivity index (χ2v) is 9.03. The molecule has 6 nitrogen and oxygen atoms in total. The van der Waals surface area contributed by atoms with Gasteiger partial charge in [-0.3, -0.25) is 18.9 Å². The van der Waals surface area contributed by atoms with Crippen LogP contribution in [0.4, 0.5) is 5.82 Å². The van der Waals surface area contributed by atoms with Gasteiger partial charge in [-0.15, -0.1) is 6.58 Å². The summed E-state index contributed by atoms with van der Waals surface area (Å²) in [6.07, 6.45) is 5.74. The minimum Gasteiger partial charge on any atom is -0.369 e. The fourth-order valence-electron chi connectivity index (χ4n) is 3.41. The Kier molecular flexibility index (Phi) is 6.53. The predicted molar refractivity (Wildman–Crippen MR) is 135 cm³/mol. The van der Waals surface area contributed by atoms with Crippen LogP contribution < -0.4 is 10.9 Å². The van der Waals surface area contributed by atoms with Crippen LogP contribution in [0.1, 0.15) is 16.7 Å². The minimum atomic E-state index is -0.241. The van der Waals surface area contributed by atoms with E-state index in [9.17, 15) is 9.59 Å². The van der Waals surface area contributed by atoms with Crippen LogP contribution in [0, 0.1) is 6.92 Å². The van der Waals surface area contributed by atoms with Gasteiger partial charge in [-0.1, -0.05) is 66.5 Å². The molecule has 1 N–H and O–H groups in total. The lowest BCUT2D eigenvalue weighted by Gasteiger charge is -2.12. The second-order valence-electron chi connectivity index (χ2n) is 7.36. The van der Waals surface area contributed by atoms with Gasteiger partial charge in [0.2, 0.25) is 0 Å². The van der Waals surface area contributed by atoms with E-state index in [1.54, 1.807) is 18.3 Å². The summed E-state index contributed by atoms with van der Waals surface area (Å²) in [4.78, 5) is 32.7. The Morgan fingerprint density at radius 1 is 1.19 bits per heavy atom. The number of nitrogens with zero attached hydrogens (tertiary/aromatic N) is 3. The fraction of sp³-hybridized carbons (Fsp3) is 0.167. The standard InChI is InChI=1S/C24H22N4O2S2/c1-3-13-27-23(30)19(32-24(27)31)14-18-21(25-12-11-17-7-5-4-6-8-17)26-20-10-9-16(2)15-28(20)22(18)29/h3-10,14-15,25H,1,11-13H2,2H3. The molecule has 1 saturated heterocycles. The second kappa shape index (κ2) is 9.50. The van der Waals surface area contributed by atoms with E-state index in [0.29, 0.717) is 39.3 Å². The number of thioether (sulfide) groups is 1. The number of carbonyl (C=O) groups excluding carboxylic acids is 1. The van der Waals surface area contributed by atoms with Crippen LogP contribution >= 0.6 is 24.0 Å². The highest BCUT2D eigenvalue weighted by Crippen LogP contribution is 2.32. The number of hydrogen-bond acceptors (Lipinski definition) is 6. The summed E-state index contributed by atoms with van der Waals surface area (Å²) in [7, 11) is 0. The maximum absolute atomic E-state index is 13.4. The number of aryl methyl sites for hydroxylation is 1. The van der Waals surface area contributed by atoms with Crippen LogP contribution in [0.15, 0.2) is 71.0 Å². The Hall–Kier alpha value is -3.23. The molecular weight excluding hydrogens is 440 g/mol. The number of aromatic nitrogens is 2. The van der Waals surface area contributed by atoms with E-state index in [-0.39, 0.29) is 11.5 Å². The van der Waals surface area contributed by atoms with Gasteiger partial charge in [0.1, 0.15) is 15.8 Å². The molecular formula is C24H22N4O2S2. The highest BCUT2D eigenvalue weighted by Gasteiger charge is 2.31. The van der Waals surface area contributed by atoms with Crippen molar-refractivity contribution >= 4 is 51.7 Å². The Morgan fingerprint density at radius 2 is 1.97 bits per heavy atom. The third kappa shape index (κ3) is 4.51. The van der Waals surface area contributed by atoms with Crippen molar-refractivity contribution in [1.29, 1.82) is 0 Å². The lowest BCUT2D eigenvalue weighted by molar-refractivity contribution is -0.121. The topological polar surface area (TPSA) is 66.7 Å². The molecule has 0 saturated carbocycles. The lowest BCUT2D eigenvalue weighted by atomic mass is 10.1. The molecule has 0 unspecified atom stereocenters. The fourth-order valence-corrected chi connectivity index (χ4v) is 4.67. The van der Waals surface area contributed by atoms with E-state index in [2.05, 4.69) is 29.0 Å². The predicted octanol–water partition coefficient (Wildman–Crippen LogP) is 4.04. The quantitative estimate of drug-likeness (QED) is 0.325. The van der Waals surface area contributed by atoms with E-state index < -0.39 is 0 Å². The first-order valence-corrected chi connectivity index (χ1v) is 11.4. The Balaban J connectivity index is 1.73. The number of benzene rings is 1. The molecule has 0 radical (unpaired) electrons. The van der Waals surface area contributed by atoms with Gasteiger partial charge in [0, 0.05) is 19.3 Å². The first kappa shape index (κ1) is 22.0. The third-order valence-electron chi connectivity index (χ3n) is 5.02. The van der Waals surface area contributed by atoms with Gasteiger partial charge in [0.25, 0.3) is 11.5 Å². The van der Waals surface area contributed by atoms with Gasteiger partial charge in [-0.25, -0.2) is 4.98 Å². The van der Waals surface area contributed by atoms with Crippen LogP contribution in [0.25, 0.3) is 11.7 Å². The van der Waals surface area contributed by atoms with Crippen molar-refractivity contribution in [3.05, 3.63) is 93.3 Å². The molecule has 8 heteroatoms. The van der Waals surface area contributed by atoms with Gasteiger partial charge in [-0.2, -0.15) is 0 Å². The summed E-state index contributed by atoms with van der Waals surface area (Å²) in [5.41, 5.74) is 2.75. The molecule has 3 aromatic rings. The number of pyridine rings is 1. The molecule has 1 fully saturated rings. The first-order valence-electron chi connectivity index (χ1n) is 10.1. The number of fused-ring (bicyclic) bond motifs is 1. The molecule has 3 heterocycles. The third-order valence-corrected chi connectivity index (χ3v) is 6.39. The molecule has 1 aliphatic rings. The summed E-state index contributed by atoms with van der Waals surface area (Å²) in [6.45, 7) is 6.52. The highest BCUT2D eigenvalue weighted by molar-refractivity contribution is 8.26. The monoisotopic (exact) mass is 462 g/mol. The zero-order valence-electron chi connectivity index (χ0n) is 17.6. The largest absolute Gasteiger partial charge is 0.369 e. The smallest absolute Gasteiger partial charge is 0.267 e. The summed E-state index contributed by atoms with van der Waals surface area (Å²) in [5.74, 6) is 0.215. The highest BCUT2D eigenvalue weighted by atomic mass is 32.2. The Labute approximate surface area is 195 Å². The van der Waals surface area contributed by atoms with Gasteiger partial charge >= 0.3 is 0 Å². The van der Waals surface area contributed by atoms with Gasteiger partial charge in [0.05, 0.1) is 10.5 Å². The van der Waals surface area contributed by atoms with Crippen molar-refractivity contribution in [3.63, 3.8) is 0 Å². The van der Waals surface area contributed by atoms with E-state index in [0.717, 1.165) is 12.0 Å². The number of amides is 1. The lowest BCUT2D eigenvalue weighted by Crippen LogP contribution is -2.28. The van der Waals surface area contributed by atoms with Crippen LogP contribution in [-0.2, 0) is 11.2 Å². The van der Waals surface area contributed by atoms with Gasteiger partial charge in [0.15, 0.2) is 0 Å². The summed E-state index contributed by atoms with van der Waals surface area (Å²) >= 11 is 6.51. The molecule has 0 spiro atoms. The SMILES string of the molecule is C=CCN1C(=O)C(=Cc2c(NCCc3ccccc3)nc3ccc(C)cn3c2=O)SC1=S. The minimum absolute atomic E-state index is 0.233. The average molecular weight is 463 g/mol. The number of rotatable bonds is 7. The molecule has 0 aliphatic carbocycles. The maximum atomic E-state index is 13.4. The number of hydrogen-bond donors (Lipinski definition) is 1. The molecule has 2 aromatic heterocycles. The van der Waals surface area contributed by atoms with Crippen LogP contribution in [0.3, 0.4) is 0 Å². The van der Waals surface area contributed by atoms with E-state index >= 15 is 0 Å². The molecule has 32 heavy (non-hydrogen) atoms. The Morgan fingerprint density at radius 3 is 2.72 bits per heavy atom. The van der Waals surface area contributed by atoms with Crippen LogP contribution in [0.5, 0.6) is 0 Å². The normalized spacial score (nSPS) is 15.0. The van der Waals surface area contributed by atoms with Crippen molar-refractivity contribution in [3.8, 4) is 0 Å². The van der Waals surface area contributed by atoms with Crippen LogP contribution in [0.2, 0.25) is 0 Å². The van der Waals surface area contributed by atoms with Crippen molar-refractivity contribution < 1.29 is 4.79 Å². The van der Waals surface area contributed by atoms with E-state index in [1.807, 2.05) is 37.3 Å². The van der Waals surface area contributed by atoms with E-state index in [1.165, 1.54) is 26.6 Å². The molecule has 1 aromatic carbocycles. The number of carbonyl (C=O) groups is 1. The molecule has 1 amide bonds. The van der Waals surface area contributed by atoms with Crippen molar-refractivity contribution in [1.82, 2.24) is 14.3 Å². The molecule has 1 aliphatic heterocycles. The van der Waals surface area contributed by atoms with Gasteiger partial charge < -0.3 is 5.32 Å². The molecule has 4 rings (SSSR count). The zero-order chi connectivity index (χ0) is 22.7. The van der Waals surface area contributed by atoms with Crippen molar-refractivity contribution in [2.75, 3.05) is 18.4 Å². The summed E-state index contributed by atoms with van der Waals surface area (Å²) in [6, 6.07) is 13.8. The Bertz CT molecular complexity index is 1300. The first-order chi connectivity index (χ1) is 15.5. The number of nitrogens with one attached hydrogen (secondary N) is 1. The maximum Gasteiger partial charge on any atom is 0.267 e. The number of thiocarbonyl (C=S) groups is 1. The van der Waals surface area contributed by atoms with Crippen molar-refractivity contribution in [2.45, 2.75) is 13.3 Å². The summed E-state index contributed by atoms with van der Waals surface area (Å²) < 4.78 is 1.96. The van der Waals surface area contributed by atoms with E-state index in [4.69, 9.17) is 12.2 Å². The molecule has 0 atom stereocenters. The summed E-state index contributed by atoms with van der Waals surface area (Å²) in [5, 5.41) is 3.29. The average Bonchev–Trinajstić information content (AvgIpc) is 3.05. The van der Waals surface area contributed by atoms with Crippen molar-refractivity contribution in [2.24, 2.45) is 0 Å². The molecule has 0 bridgehead atoms. The zero-order valence-corrected chi connectivity index (χ0v) is 19.2.